The SMILES string of the molecule is C[C@@H](C(=O)Nc1ccc(N2CCOCC2)cc1)[NH+](C)CC(=O)NC1CC1. The van der Waals surface area contributed by atoms with Gasteiger partial charge >= 0.3 is 0 Å². The second-order valence-electron chi connectivity index (χ2n) is 7.22. The van der Waals surface area contributed by atoms with E-state index in [1.54, 1.807) is 0 Å². The van der Waals surface area contributed by atoms with Crippen LogP contribution in [0.3, 0.4) is 0 Å². The van der Waals surface area contributed by atoms with Crippen molar-refractivity contribution < 1.29 is 19.2 Å². The van der Waals surface area contributed by atoms with Crippen LogP contribution in [0.5, 0.6) is 0 Å². The largest absolute Gasteiger partial charge is 0.378 e. The molecule has 7 nitrogen and oxygen atoms in total. The van der Waals surface area contributed by atoms with Crippen molar-refractivity contribution in [2.75, 3.05) is 50.1 Å². The van der Waals surface area contributed by atoms with E-state index in [0.717, 1.165) is 55.4 Å². The van der Waals surface area contributed by atoms with Crippen LogP contribution in [0.4, 0.5) is 11.4 Å². The number of carbonyl (C=O) groups is 2. The molecule has 1 saturated heterocycles. The van der Waals surface area contributed by atoms with E-state index in [9.17, 15) is 9.59 Å². The smallest absolute Gasteiger partial charge is 0.282 e. The molecule has 1 aliphatic heterocycles. The highest BCUT2D eigenvalue weighted by molar-refractivity contribution is 5.94. The Morgan fingerprint density at radius 3 is 2.50 bits per heavy atom. The van der Waals surface area contributed by atoms with Gasteiger partial charge in [0.05, 0.1) is 20.3 Å². The highest BCUT2D eigenvalue weighted by Crippen LogP contribution is 2.19. The number of amides is 2. The maximum Gasteiger partial charge on any atom is 0.282 e. The molecule has 1 aromatic rings. The van der Waals surface area contributed by atoms with Crippen LogP contribution in [-0.2, 0) is 14.3 Å². The van der Waals surface area contributed by atoms with Crippen molar-refractivity contribution in [3.63, 3.8) is 0 Å². The molecule has 2 aliphatic rings. The molecule has 7 heteroatoms. The van der Waals surface area contributed by atoms with Crippen LogP contribution < -0.4 is 20.4 Å². The predicted octanol–water partition coefficient (Wildman–Crippen LogP) is -0.356. The minimum absolute atomic E-state index is 0.0134. The van der Waals surface area contributed by atoms with Gasteiger partial charge in [0.2, 0.25) is 0 Å². The molecule has 2 amide bonds. The standard InChI is InChI=1S/C19H28N4O3/c1-14(22(2)13-18(24)20-15-3-4-15)19(25)21-16-5-7-17(8-6-16)23-9-11-26-12-10-23/h5-8,14-15H,3-4,9-13H2,1-2H3,(H,20,24)(H,21,25)/p+1/t14-/m0/s1. The fourth-order valence-corrected chi connectivity index (χ4v) is 2.96. The number of benzene rings is 1. The first-order valence-corrected chi connectivity index (χ1v) is 9.38. The molecule has 1 aromatic carbocycles. The second-order valence-corrected chi connectivity index (χ2v) is 7.22. The lowest BCUT2D eigenvalue weighted by Gasteiger charge is -2.29. The van der Waals surface area contributed by atoms with Gasteiger partial charge in [-0.05, 0) is 44.0 Å². The Morgan fingerprint density at radius 1 is 1.23 bits per heavy atom. The molecule has 0 aromatic heterocycles. The number of hydrogen-bond donors (Lipinski definition) is 3. The number of ether oxygens (including phenoxy) is 1. The summed E-state index contributed by atoms with van der Waals surface area (Å²) >= 11 is 0. The van der Waals surface area contributed by atoms with E-state index < -0.39 is 0 Å². The molecular weight excluding hydrogens is 332 g/mol. The van der Waals surface area contributed by atoms with Gasteiger partial charge < -0.3 is 25.2 Å². The van der Waals surface area contributed by atoms with Crippen molar-refractivity contribution in [3.8, 4) is 0 Å². The Bertz CT molecular complexity index is 624. The molecule has 3 N–H and O–H groups in total. The number of nitrogens with one attached hydrogen (secondary N) is 3. The van der Waals surface area contributed by atoms with Gasteiger partial charge in [-0.25, -0.2) is 0 Å². The topological polar surface area (TPSA) is 75.1 Å². The minimum Gasteiger partial charge on any atom is -0.378 e. The number of quaternary nitrogens is 1. The molecule has 3 rings (SSSR count). The zero-order valence-corrected chi connectivity index (χ0v) is 15.6. The maximum atomic E-state index is 12.5. The molecule has 142 valence electrons. The summed E-state index contributed by atoms with van der Waals surface area (Å²) < 4.78 is 5.37. The van der Waals surface area contributed by atoms with Crippen LogP contribution in [0.15, 0.2) is 24.3 Å². The first-order valence-electron chi connectivity index (χ1n) is 9.38. The Morgan fingerprint density at radius 2 is 1.88 bits per heavy atom. The van der Waals surface area contributed by atoms with E-state index >= 15 is 0 Å². The van der Waals surface area contributed by atoms with Gasteiger partial charge in [0, 0.05) is 30.5 Å². The molecular formula is C19H29N4O3+. The van der Waals surface area contributed by atoms with Crippen LogP contribution >= 0.6 is 0 Å². The highest BCUT2D eigenvalue weighted by Gasteiger charge is 2.28. The van der Waals surface area contributed by atoms with Crippen molar-refractivity contribution in [1.82, 2.24) is 5.32 Å². The van der Waals surface area contributed by atoms with Crippen molar-refractivity contribution in [2.24, 2.45) is 0 Å². The van der Waals surface area contributed by atoms with E-state index in [2.05, 4.69) is 15.5 Å². The van der Waals surface area contributed by atoms with Gasteiger partial charge in [0.25, 0.3) is 11.8 Å². The summed E-state index contributed by atoms with van der Waals surface area (Å²) in [6, 6.07) is 7.93. The number of hydrogen-bond acceptors (Lipinski definition) is 4. The second kappa shape index (κ2) is 8.51. The van der Waals surface area contributed by atoms with Gasteiger partial charge in [-0.15, -0.1) is 0 Å². The summed E-state index contributed by atoms with van der Waals surface area (Å²) in [7, 11) is 1.87. The van der Waals surface area contributed by atoms with Crippen LogP contribution in [0.1, 0.15) is 19.8 Å². The molecule has 2 fully saturated rings. The van der Waals surface area contributed by atoms with Gasteiger partial charge in [0.15, 0.2) is 12.6 Å². The lowest BCUT2D eigenvalue weighted by molar-refractivity contribution is -0.885. The number of rotatable bonds is 7. The first kappa shape index (κ1) is 18.7. The molecule has 0 radical (unpaired) electrons. The normalized spacial score (nSPS) is 19.5. The fraction of sp³-hybridized carbons (Fsp3) is 0.579. The Labute approximate surface area is 154 Å². The predicted molar refractivity (Wildman–Crippen MR) is 100 cm³/mol. The number of carbonyl (C=O) groups excluding carboxylic acids is 2. The fourth-order valence-electron chi connectivity index (χ4n) is 2.96. The third kappa shape index (κ3) is 5.19. The van der Waals surface area contributed by atoms with Crippen LogP contribution in [0.2, 0.25) is 0 Å². The van der Waals surface area contributed by atoms with Gasteiger partial charge in [-0.1, -0.05) is 0 Å². The molecule has 1 saturated carbocycles. The van der Waals surface area contributed by atoms with E-state index in [1.165, 1.54) is 0 Å². The maximum absolute atomic E-state index is 12.5. The van der Waals surface area contributed by atoms with Gasteiger partial charge in [0.1, 0.15) is 0 Å². The molecule has 1 unspecified atom stereocenters. The Kier molecular flexibility index (Phi) is 6.11. The number of likely N-dealkylation sites (N-methyl/N-ethyl adjacent to an activating group) is 1. The number of anilines is 2. The third-order valence-corrected chi connectivity index (χ3v) is 5.03. The van der Waals surface area contributed by atoms with Gasteiger partial charge in [-0.3, -0.25) is 9.59 Å². The summed E-state index contributed by atoms with van der Waals surface area (Å²) in [5.41, 5.74) is 1.91. The summed E-state index contributed by atoms with van der Waals surface area (Å²) in [5.74, 6) is -0.0691. The van der Waals surface area contributed by atoms with Crippen molar-refractivity contribution in [2.45, 2.75) is 31.8 Å². The van der Waals surface area contributed by atoms with Crippen LogP contribution in [-0.4, -0.2) is 63.8 Å². The average Bonchev–Trinajstić information content (AvgIpc) is 3.46. The highest BCUT2D eigenvalue weighted by atomic mass is 16.5. The van der Waals surface area contributed by atoms with E-state index in [4.69, 9.17) is 4.74 Å². The summed E-state index contributed by atoms with van der Waals surface area (Å²) in [6.07, 6.45) is 2.14. The van der Waals surface area contributed by atoms with Crippen molar-refractivity contribution >= 4 is 23.2 Å². The van der Waals surface area contributed by atoms with E-state index in [-0.39, 0.29) is 17.9 Å². The molecule has 1 heterocycles. The van der Waals surface area contributed by atoms with E-state index in [0.29, 0.717) is 12.6 Å². The molecule has 1 aliphatic carbocycles. The number of morpholine rings is 1. The number of nitrogens with zero attached hydrogens (tertiary/aromatic N) is 1. The summed E-state index contributed by atoms with van der Waals surface area (Å²) in [4.78, 5) is 27.5. The molecule has 0 bridgehead atoms. The van der Waals surface area contributed by atoms with Crippen molar-refractivity contribution in [3.05, 3.63) is 24.3 Å². The zero-order chi connectivity index (χ0) is 18.5. The molecule has 0 spiro atoms. The van der Waals surface area contributed by atoms with E-state index in [1.807, 2.05) is 38.2 Å². The quantitative estimate of drug-likeness (QED) is 0.620. The summed E-state index contributed by atoms with van der Waals surface area (Å²) in [6.45, 7) is 5.43. The average molecular weight is 361 g/mol. The molecule has 2 atom stereocenters. The Balaban J connectivity index is 1.48. The minimum atomic E-state index is -0.307. The lowest BCUT2D eigenvalue weighted by atomic mass is 10.2. The lowest BCUT2D eigenvalue weighted by Crippen LogP contribution is -3.15. The van der Waals surface area contributed by atoms with Crippen molar-refractivity contribution in [1.29, 1.82) is 0 Å². The van der Waals surface area contributed by atoms with Crippen LogP contribution in [0, 0.1) is 0 Å². The Hall–Kier alpha value is -2.12. The zero-order valence-electron chi connectivity index (χ0n) is 15.6. The van der Waals surface area contributed by atoms with Crippen LogP contribution in [0.25, 0.3) is 0 Å². The molecule has 26 heavy (non-hydrogen) atoms. The summed E-state index contributed by atoms with van der Waals surface area (Å²) in [5, 5.41) is 5.91. The first-order chi connectivity index (χ1) is 12.5. The third-order valence-electron chi connectivity index (χ3n) is 5.03. The monoisotopic (exact) mass is 361 g/mol. The van der Waals surface area contributed by atoms with Gasteiger partial charge in [-0.2, -0.15) is 0 Å².